The Morgan fingerprint density at radius 1 is 1.30 bits per heavy atom. The predicted octanol–water partition coefficient (Wildman–Crippen LogP) is 4.69. The Morgan fingerprint density at radius 3 is 2.74 bits per heavy atom. The van der Waals surface area contributed by atoms with Gasteiger partial charge in [-0.3, -0.25) is 4.79 Å². The van der Waals surface area contributed by atoms with E-state index in [9.17, 15) is 9.18 Å². The van der Waals surface area contributed by atoms with Crippen molar-refractivity contribution in [1.82, 2.24) is 4.90 Å². The monoisotopic (exact) mass is 329 g/mol. The Labute approximate surface area is 140 Å². The molecule has 1 aliphatic rings. The molecule has 1 aromatic carbocycles. The van der Waals surface area contributed by atoms with Crippen LogP contribution in [-0.2, 0) is 4.79 Å². The molecule has 2 nitrogen and oxygen atoms in total. The number of benzene rings is 1. The topological polar surface area (TPSA) is 20.3 Å². The van der Waals surface area contributed by atoms with Crippen LogP contribution < -0.4 is 0 Å². The summed E-state index contributed by atoms with van der Waals surface area (Å²) < 4.78 is 13.1. The maximum atomic E-state index is 13.1. The van der Waals surface area contributed by atoms with Gasteiger partial charge < -0.3 is 4.90 Å². The molecule has 120 valence electrons. The Balaban J connectivity index is 1.92. The molecule has 1 fully saturated rings. The van der Waals surface area contributed by atoms with Gasteiger partial charge in [-0.25, -0.2) is 4.39 Å². The lowest BCUT2D eigenvalue weighted by molar-refractivity contribution is -0.126. The van der Waals surface area contributed by atoms with Gasteiger partial charge in [0.1, 0.15) is 5.82 Å². The van der Waals surface area contributed by atoms with Gasteiger partial charge in [0.2, 0.25) is 0 Å². The maximum absolute atomic E-state index is 13.1. The molecule has 1 atom stereocenters. The molecule has 1 aromatic heterocycles. The summed E-state index contributed by atoms with van der Waals surface area (Å²) >= 11 is 1.56. The van der Waals surface area contributed by atoms with Crippen LogP contribution in [0.2, 0.25) is 0 Å². The number of hydrogen-bond donors (Lipinski definition) is 0. The van der Waals surface area contributed by atoms with Crippen LogP contribution in [0.3, 0.4) is 0 Å². The van der Waals surface area contributed by atoms with Gasteiger partial charge in [-0.2, -0.15) is 0 Å². The number of amides is 1. The smallest absolute Gasteiger partial charge is 0.255 e. The summed E-state index contributed by atoms with van der Waals surface area (Å²) in [6, 6.07) is 10.2. The second-order valence-electron chi connectivity index (χ2n) is 6.09. The number of likely N-dealkylation sites (tertiary alicyclic amines) is 1. The fraction of sp³-hybridized carbons (Fsp3) is 0.316. The van der Waals surface area contributed by atoms with Gasteiger partial charge in [-0.15, -0.1) is 11.3 Å². The average Bonchev–Trinajstić information content (AvgIpc) is 3.08. The minimum absolute atomic E-state index is 0.0725. The van der Waals surface area contributed by atoms with Crippen LogP contribution in [-0.4, -0.2) is 23.9 Å². The summed E-state index contributed by atoms with van der Waals surface area (Å²) in [5, 5.41) is 1.97. The van der Waals surface area contributed by atoms with Crippen molar-refractivity contribution < 1.29 is 9.18 Å². The van der Waals surface area contributed by atoms with Crippen molar-refractivity contribution in [2.24, 2.45) is 5.92 Å². The molecule has 1 saturated heterocycles. The fourth-order valence-electron chi connectivity index (χ4n) is 2.94. The highest BCUT2D eigenvalue weighted by molar-refractivity contribution is 7.11. The Hall–Kier alpha value is -1.94. The number of nitrogens with zero attached hydrogens (tertiary/aromatic N) is 1. The van der Waals surface area contributed by atoms with Crippen molar-refractivity contribution in [3.63, 3.8) is 0 Å². The lowest BCUT2D eigenvalue weighted by Crippen LogP contribution is -2.39. The van der Waals surface area contributed by atoms with Crippen LogP contribution in [0.4, 0.5) is 4.39 Å². The Kier molecular flexibility index (Phi) is 4.91. The van der Waals surface area contributed by atoms with E-state index in [-0.39, 0.29) is 11.7 Å². The molecule has 1 unspecified atom stereocenters. The molecule has 0 radical (unpaired) electrons. The molecule has 0 saturated carbocycles. The number of piperidine rings is 1. The first-order chi connectivity index (χ1) is 11.1. The largest absolute Gasteiger partial charge is 0.338 e. The second kappa shape index (κ2) is 7.09. The van der Waals surface area contributed by atoms with Crippen molar-refractivity contribution in [2.45, 2.75) is 19.8 Å². The molecular weight excluding hydrogens is 309 g/mol. The summed E-state index contributed by atoms with van der Waals surface area (Å²) in [4.78, 5) is 15.9. The van der Waals surface area contributed by atoms with Crippen molar-refractivity contribution in [2.75, 3.05) is 13.1 Å². The quantitative estimate of drug-likeness (QED) is 0.748. The predicted molar refractivity (Wildman–Crippen MR) is 93.6 cm³/mol. The number of carbonyl (C=O) groups is 1. The zero-order chi connectivity index (χ0) is 16.2. The summed E-state index contributed by atoms with van der Waals surface area (Å²) in [6.07, 6.45) is 4.11. The SMILES string of the molecule is CC1CCCN(C(=O)C(=Cc2ccc(F)cc2)c2cccs2)C1. The maximum Gasteiger partial charge on any atom is 0.255 e. The van der Waals surface area contributed by atoms with E-state index in [1.807, 2.05) is 28.5 Å². The van der Waals surface area contributed by atoms with Crippen molar-refractivity contribution >= 4 is 28.9 Å². The normalized spacial score (nSPS) is 19.0. The molecular formula is C19H20FNOS. The van der Waals surface area contributed by atoms with E-state index in [1.54, 1.807) is 23.5 Å². The van der Waals surface area contributed by atoms with Crippen LogP contribution in [0, 0.1) is 11.7 Å². The number of hydrogen-bond acceptors (Lipinski definition) is 2. The van der Waals surface area contributed by atoms with E-state index in [2.05, 4.69) is 6.92 Å². The highest BCUT2D eigenvalue weighted by Gasteiger charge is 2.24. The average molecular weight is 329 g/mol. The summed E-state index contributed by atoms with van der Waals surface area (Å²) in [5.74, 6) is 0.349. The Bertz CT molecular complexity index is 691. The molecule has 1 amide bonds. The highest BCUT2D eigenvalue weighted by atomic mass is 32.1. The molecule has 0 aliphatic carbocycles. The van der Waals surface area contributed by atoms with Gasteiger partial charge in [0.05, 0.1) is 5.57 Å². The first-order valence-electron chi connectivity index (χ1n) is 7.94. The molecule has 2 aromatic rings. The lowest BCUT2D eigenvalue weighted by atomic mass is 9.99. The third kappa shape index (κ3) is 3.88. The number of rotatable bonds is 3. The third-order valence-electron chi connectivity index (χ3n) is 4.14. The molecule has 0 N–H and O–H groups in total. The van der Waals surface area contributed by atoms with Crippen LogP contribution in [0.15, 0.2) is 41.8 Å². The number of halogens is 1. The molecule has 3 rings (SSSR count). The molecule has 2 heterocycles. The molecule has 4 heteroatoms. The Morgan fingerprint density at radius 2 is 2.09 bits per heavy atom. The number of carbonyl (C=O) groups excluding carboxylic acids is 1. The number of thiophene rings is 1. The summed E-state index contributed by atoms with van der Waals surface area (Å²) in [5.41, 5.74) is 1.54. The molecule has 1 aliphatic heterocycles. The van der Waals surface area contributed by atoms with Gasteiger partial charge in [0.25, 0.3) is 5.91 Å². The van der Waals surface area contributed by atoms with E-state index in [0.29, 0.717) is 11.5 Å². The molecule has 0 spiro atoms. The van der Waals surface area contributed by atoms with Gasteiger partial charge in [-0.05, 0) is 54.0 Å². The van der Waals surface area contributed by atoms with Crippen LogP contribution in [0.5, 0.6) is 0 Å². The van der Waals surface area contributed by atoms with E-state index >= 15 is 0 Å². The first kappa shape index (κ1) is 15.9. The molecule has 23 heavy (non-hydrogen) atoms. The lowest BCUT2D eigenvalue weighted by Gasteiger charge is -2.31. The fourth-order valence-corrected chi connectivity index (χ4v) is 3.67. The van der Waals surface area contributed by atoms with Crippen LogP contribution in [0.25, 0.3) is 11.6 Å². The van der Waals surface area contributed by atoms with E-state index in [4.69, 9.17) is 0 Å². The second-order valence-corrected chi connectivity index (χ2v) is 7.03. The first-order valence-corrected chi connectivity index (χ1v) is 8.82. The van der Waals surface area contributed by atoms with Gasteiger partial charge in [-0.1, -0.05) is 25.1 Å². The van der Waals surface area contributed by atoms with E-state index < -0.39 is 0 Å². The minimum atomic E-state index is -0.268. The minimum Gasteiger partial charge on any atom is -0.338 e. The molecule has 0 bridgehead atoms. The van der Waals surface area contributed by atoms with Gasteiger partial charge in [0.15, 0.2) is 0 Å². The third-order valence-corrected chi connectivity index (χ3v) is 5.05. The van der Waals surface area contributed by atoms with Crippen molar-refractivity contribution in [3.05, 3.63) is 58.0 Å². The summed E-state index contributed by atoms with van der Waals surface area (Å²) in [6.45, 7) is 3.81. The van der Waals surface area contributed by atoms with Gasteiger partial charge >= 0.3 is 0 Å². The highest BCUT2D eigenvalue weighted by Crippen LogP contribution is 2.27. The standard InChI is InChI=1S/C19H20FNOS/c1-14-4-2-10-21(13-14)19(22)17(18-5-3-11-23-18)12-15-6-8-16(20)9-7-15/h3,5-9,11-12,14H,2,4,10,13H2,1H3. The zero-order valence-corrected chi connectivity index (χ0v) is 14.0. The van der Waals surface area contributed by atoms with E-state index in [0.717, 1.165) is 30.0 Å². The van der Waals surface area contributed by atoms with Crippen LogP contribution >= 0.6 is 11.3 Å². The summed E-state index contributed by atoms with van der Waals surface area (Å²) in [7, 11) is 0. The van der Waals surface area contributed by atoms with Crippen molar-refractivity contribution in [1.29, 1.82) is 0 Å². The van der Waals surface area contributed by atoms with Gasteiger partial charge in [0, 0.05) is 18.0 Å². The zero-order valence-electron chi connectivity index (χ0n) is 13.2. The van der Waals surface area contributed by atoms with E-state index in [1.165, 1.54) is 18.6 Å². The van der Waals surface area contributed by atoms with Crippen molar-refractivity contribution in [3.8, 4) is 0 Å². The van der Waals surface area contributed by atoms with Crippen LogP contribution in [0.1, 0.15) is 30.2 Å².